The van der Waals surface area contributed by atoms with Crippen LogP contribution < -0.4 is 16.8 Å². The number of amides is 1. The van der Waals surface area contributed by atoms with Crippen molar-refractivity contribution in [1.29, 1.82) is 0 Å². The molecule has 0 aliphatic carbocycles. The third-order valence-corrected chi connectivity index (χ3v) is 4.90. The molecule has 0 bridgehead atoms. The molecule has 2 aromatic carbocycles. The third-order valence-electron chi connectivity index (χ3n) is 4.27. The molecule has 33 heavy (non-hydrogen) atoms. The fourth-order valence-corrected chi connectivity index (χ4v) is 3.17. The molecule has 182 valence electrons. The lowest BCUT2D eigenvalue weighted by molar-refractivity contribution is -0.348. The first-order chi connectivity index (χ1) is 14.7. The van der Waals surface area contributed by atoms with Crippen LogP contribution in [0.3, 0.4) is 0 Å². The van der Waals surface area contributed by atoms with Crippen molar-refractivity contribution in [1.82, 2.24) is 0 Å². The maximum Gasteiger partial charge on any atom is 0.435 e. The van der Waals surface area contributed by atoms with Gasteiger partial charge in [0.15, 0.2) is 5.82 Å². The van der Waals surface area contributed by atoms with Crippen LogP contribution in [0.15, 0.2) is 28.7 Å². The van der Waals surface area contributed by atoms with E-state index in [0.717, 1.165) is 6.07 Å². The first-order valence-electron chi connectivity index (χ1n) is 8.11. The quantitative estimate of drug-likeness (QED) is 0.304. The molecule has 0 aliphatic heterocycles. The molecule has 0 aromatic heterocycles. The van der Waals surface area contributed by atoms with E-state index in [9.17, 15) is 53.1 Å². The minimum atomic E-state index is -6.69. The van der Waals surface area contributed by atoms with E-state index in [1.54, 1.807) is 0 Å². The topological polar surface area (TPSA) is 81.1 Å². The van der Waals surface area contributed by atoms with E-state index in [-0.39, 0.29) is 11.8 Å². The summed E-state index contributed by atoms with van der Waals surface area (Å²) in [5.74, 6) is -3.07. The fraction of sp³-hybridized carbons (Fsp3) is 0.235. The molecule has 0 spiro atoms. The molecule has 1 amide bonds. The van der Waals surface area contributed by atoms with Crippen molar-refractivity contribution < 1.29 is 53.1 Å². The van der Waals surface area contributed by atoms with Gasteiger partial charge in [-0.05, 0) is 40.2 Å². The van der Waals surface area contributed by atoms with Crippen molar-refractivity contribution in [3.63, 3.8) is 0 Å². The zero-order chi connectivity index (χ0) is 25.7. The zero-order valence-electron chi connectivity index (χ0n) is 15.4. The molecular weight excluding hydrogens is 551 g/mol. The lowest BCUT2D eigenvalue weighted by atomic mass is 9.92. The number of nitrogens with two attached hydrogens (primary N) is 2. The Morgan fingerprint density at radius 3 is 1.85 bits per heavy atom. The average molecular weight is 560 g/mol. The molecule has 16 heteroatoms. The Morgan fingerprint density at radius 1 is 0.879 bits per heavy atom. The number of hydrogen-bond acceptors (Lipinski definition) is 3. The average Bonchev–Trinajstić information content (AvgIpc) is 2.64. The SMILES string of the molecule is Nc1ccc(C(=O)Nc2c(Br)cc(C(F)(C(F)(F)F)C(F)(F)F)cc2C(F)(F)F)c(F)c1N. The van der Waals surface area contributed by atoms with Crippen LogP contribution in [0.1, 0.15) is 21.5 Å². The minimum absolute atomic E-state index is 0.237. The van der Waals surface area contributed by atoms with E-state index >= 15 is 0 Å². The van der Waals surface area contributed by atoms with Crippen LogP contribution in [-0.2, 0) is 11.8 Å². The van der Waals surface area contributed by atoms with Crippen LogP contribution in [0.2, 0.25) is 0 Å². The zero-order valence-corrected chi connectivity index (χ0v) is 17.0. The molecule has 4 nitrogen and oxygen atoms in total. The summed E-state index contributed by atoms with van der Waals surface area (Å²) >= 11 is 2.31. The van der Waals surface area contributed by atoms with Gasteiger partial charge in [-0.25, -0.2) is 8.78 Å². The smallest absolute Gasteiger partial charge is 0.397 e. The van der Waals surface area contributed by atoms with E-state index in [0.29, 0.717) is 6.07 Å². The summed E-state index contributed by atoms with van der Waals surface area (Å²) in [6, 6.07) is 0.640. The second kappa shape index (κ2) is 8.22. The first kappa shape index (κ1) is 26.5. The number of rotatable bonds is 3. The third kappa shape index (κ3) is 4.65. The number of nitrogens with one attached hydrogen (secondary N) is 1. The maximum absolute atomic E-state index is 14.3. The highest BCUT2D eigenvalue weighted by atomic mass is 79.9. The second-order valence-corrected chi connectivity index (χ2v) is 7.27. The van der Waals surface area contributed by atoms with Crippen molar-refractivity contribution in [3.05, 3.63) is 51.2 Å². The summed E-state index contributed by atoms with van der Waals surface area (Å²) in [7, 11) is 0. The largest absolute Gasteiger partial charge is 0.435 e. The van der Waals surface area contributed by atoms with E-state index in [2.05, 4.69) is 15.9 Å². The molecule has 0 saturated heterocycles. The Labute approximate surface area is 184 Å². The molecule has 0 fully saturated rings. The number of carbonyl (C=O) groups is 1. The van der Waals surface area contributed by atoms with Crippen LogP contribution in [0.25, 0.3) is 0 Å². The maximum atomic E-state index is 14.3. The molecule has 0 aliphatic rings. The van der Waals surface area contributed by atoms with Crippen molar-refractivity contribution >= 4 is 38.9 Å². The predicted octanol–water partition coefficient (Wildman–Crippen LogP) is 6.31. The van der Waals surface area contributed by atoms with Crippen molar-refractivity contribution in [2.45, 2.75) is 24.2 Å². The van der Waals surface area contributed by atoms with Crippen LogP contribution >= 0.6 is 15.9 Å². The Hall–Kier alpha value is -2.78. The van der Waals surface area contributed by atoms with E-state index < -0.39 is 74.5 Å². The predicted molar refractivity (Wildman–Crippen MR) is 97.2 cm³/mol. The van der Waals surface area contributed by atoms with Gasteiger partial charge in [0.1, 0.15) is 0 Å². The Balaban J connectivity index is 2.72. The van der Waals surface area contributed by atoms with Gasteiger partial charge in [0.25, 0.3) is 5.91 Å². The van der Waals surface area contributed by atoms with Gasteiger partial charge in [-0.3, -0.25) is 4.79 Å². The molecule has 0 atom stereocenters. The van der Waals surface area contributed by atoms with Crippen LogP contribution in [0.5, 0.6) is 0 Å². The summed E-state index contributed by atoms with van der Waals surface area (Å²) in [4.78, 5) is 12.3. The summed E-state index contributed by atoms with van der Waals surface area (Å²) < 4.78 is 145. The molecule has 0 heterocycles. The highest BCUT2D eigenvalue weighted by Gasteiger charge is 2.73. The fourth-order valence-electron chi connectivity index (χ4n) is 2.61. The van der Waals surface area contributed by atoms with E-state index in [1.807, 2.05) is 0 Å². The van der Waals surface area contributed by atoms with Crippen LogP contribution in [0, 0.1) is 5.82 Å². The summed E-state index contributed by atoms with van der Waals surface area (Å²) in [6.07, 6.45) is -19.1. The van der Waals surface area contributed by atoms with Crippen molar-refractivity contribution in [2.75, 3.05) is 16.8 Å². The van der Waals surface area contributed by atoms with Crippen molar-refractivity contribution in [2.24, 2.45) is 0 Å². The van der Waals surface area contributed by atoms with Gasteiger partial charge in [-0.2, -0.15) is 39.5 Å². The molecule has 0 unspecified atom stereocenters. The summed E-state index contributed by atoms with van der Waals surface area (Å²) in [5, 5.41) is 1.52. The molecular formula is C17H9BrF11N3O. The van der Waals surface area contributed by atoms with Gasteiger partial charge in [-0.1, -0.05) is 0 Å². The van der Waals surface area contributed by atoms with Gasteiger partial charge >= 0.3 is 24.2 Å². The van der Waals surface area contributed by atoms with E-state index in [4.69, 9.17) is 11.5 Å². The number of anilines is 3. The minimum Gasteiger partial charge on any atom is -0.397 e. The van der Waals surface area contributed by atoms with Crippen LogP contribution in [-0.4, -0.2) is 18.3 Å². The van der Waals surface area contributed by atoms with Gasteiger partial charge in [0.2, 0.25) is 0 Å². The normalized spacial score (nSPS) is 13.2. The van der Waals surface area contributed by atoms with Crippen molar-refractivity contribution in [3.8, 4) is 0 Å². The lowest BCUT2D eigenvalue weighted by Crippen LogP contribution is -2.50. The summed E-state index contributed by atoms with van der Waals surface area (Å²) in [5.41, 5.74) is -3.77. The summed E-state index contributed by atoms with van der Waals surface area (Å²) in [6.45, 7) is 0. The first-order valence-corrected chi connectivity index (χ1v) is 8.91. The Bertz CT molecular complexity index is 1080. The highest BCUT2D eigenvalue weighted by molar-refractivity contribution is 9.10. The standard InChI is InChI=1S/C17H9BrF11N3O/c18-8-4-5(14(20,16(24,25)26)17(27,28)29)3-7(15(21,22)23)12(8)32-13(33)6-1-2-9(30)11(31)10(6)19/h1-4H,30-31H2,(H,32,33). The number of carbonyl (C=O) groups excluding carboxylic acids is 1. The highest BCUT2D eigenvalue weighted by Crippen LogP contribution is 2.55. The Morgan fingerprint density at radius 2 is 1.39 bits per heavy atom. The molecule has 2 aromatic rings. The van der Waals surface area contributed by atoms with Crippen LogP contribution in [0.4, 0.5) is 65.4 Å². The van der Waals surface area contributed by atoms with E-state index in [1.165, 1.54) is 5.32 Å². The lowest BCUT2D eigenvalue weighted by Gasteiger charge is -2.31. The second-order valence-electron chi connectivity index (χ2n) is 6.42. The monoisotopic (exact) mass is 559 g/mol. The van der Waals surface area contributed by atoms with Gasteiger partial charge in [0.05, 0.1) is 28.2 Å². The number of halogens is 12. The molecule has 5 N–H and O–H groups in total. The molecule has 2 rings (SSSR count). The van der Waals surface area contributed by atoms with Gasteiger partial charge in [0, 0.05) is 10.0 Å². The van der Waals surface area contributed by atoms with Gasteiger partial charge < -0.3 is 16.8 Å². The number of benzene rings is 2. The molecule has 0 saturated carbocycles. The Kier molecular flexibility index (Phi) is 6.59. The number of nitrogen functional groups attached to an aromatic ring is 2. The number of hydrogen-bond donors (Lipinski definition) is 3. The molecule has 0 radical (unpaired) electrons. The van der Waals surface area contributed by atoms with Gasteiger partial charge in [-0.15, -0.1) is 0 Å². The number of alkyl halides is 10.